The Balaban J connectivity index is 1.83. The lowest BCUT2D eigenvalue weighted by Crippen LogP contribution is -2.29. The predicted molar refractivity (Wildman–Crippen MR) is 103 cm³/mol. The fourth-order valence-electron chi connectivity index (χ4n) is 3.10. The highest BCUT2D eigenvalue weighted by molar-refractivity contribution is 5.66. The fourth-order valence-corrected chi connectivity index (χ4v) is 3.10. The number of likely N-dealkylation sites (N-methyl/N-ethyl adjacent to an activating group) is 1. The van der Waals surface area contributed by atoms with Crippen molar-refractivity contribution in [3.05, 3.63) is 29.8 Å². The van der Waals surface area contributed by atoms with E-state index < -0.39 is 6.10 Å². The number of rotatable bonds is 7. The molecule has 26 heavy (non-hydrogen) atoms. The number of aliphatic hydroxyl groups excluding tert-OH is 1. The van der Waals surface area contributed by atoms with E-state index in [1.165, 1.54) is 12.8 Å². The topological polar surface area (TPSA) is 96.5 Å². The molecule has 1 aliphatic rings. The van der Waals surface area contributed by atoms with E-state index in [-0.39, 0.29) is 6.61 Å². The summed E-state index contributed by atoms with van der Waals surface area (Å²) in [7, 11) is 1.79. The minimum absolute atomic E-state index is 0.222. The lowest BCUT2D eigenvalue weighted by molar-refractivity contribution is 0.108. The average molecular weight is 357 g/mol. The number of nitrogens with one attached hydrogen (secondary N) is 1. The van der Waals surface area contributed by atoms with Gasteiger partial charge < -0.3 is 25.8 Å². The van der Waals surface area contributed by atoms with Crippen LogP contribution >= 0.6 is 0 Å². The van der Waals surface area contributed by atoms with Crippen molar-refractivity contribution in [1.29, 1.82) is 0 Å². The number of hydrogen-bond donors (Lipinski definition) is 3. The van der Waals surface area contributed by atoms with Crippen molar-refractivity contribution < 1.29 is 9.84 Å². The monoisotopic (exact) mass is 357 g/mol. The van der Waals surface area contributed by atoms with Crippen LogP contribution in [0.2, 0.25) is 0 Å². The van der Waals surface area contributed by atoms with E-state index in [1.54, 1.807) is 7.05 Å². The van der Waals surface area contributed by atoms with Crippen molar-refractivity contribution in [2.75, 3.05) is 43.9 Å². The molecule has 2 aromatic rings. The second-order valence-electron chi connectivity index (χ2n) is 6.63. The zero-order chi connectivity index (χ0) is 18.5. The van der Waals surface area contributed by atoms with E-state index in [0.717, 1.165) is 30.0 Å². The number of hydrogen-bond acceptors (Lipinski definition) is 7. The van der Waals surface area contributed by atoms with Crippen LogP contribution in [0.5, 0.6) is 5.75 Å². The van der Waals surface area contributed by atoms with Crippen molar-refractivity contribution in [2.24, 2.45) is 0 Å². The van der Waals surface area contributed by atoms with Gasteiger partial charge in [-0.15, -0.1) is 0 Å². The maximum atomic E-state index is 9.79. The summed E-state index contributed by atoms with van der Waals surface area (Å²) in [6, 6.07) is 7.57. The van der Waals surface area contributed by atoms with Gasteiger partial charge in [-0.25, -0.2) is 9.97 Å². The Morgan fingerprint density at radius 1 is 1.31 bits per heavy atom. The highest BCUT2D eigenvalue weighted by Gasteiger charge is 2.19. The van der Waals surface area contributed by atoms with E-state index in [2.05, 4.69) is 15.2 Å². The number of aliphatic hydroxyl groups is 1. The molecule has 1 fully saturated rings. The fraction of sp³-hybridized carbons (Fsp3) is 0.474. The van der Waals surface area contributed by atoms with Gasteiger partial charge in [-0.1, -0.05) is 12.1 Å². The van der Waals surface area contributed by atoms with E-state index >= 15 is 0 Å². The zero-order valence-electron chi connectivity index (χ0n) is 15.4. The molecule has 0 radical (unpaired) electrons. The summed E-state index contributed by atoms with van der Waals surface area (Å²) < 4.78 is 5.68. The highest BCUT2D eigenvalue weighted by Crippen LogP contribution is 2.29. The molecule has 4 N–H and O–H groups in total. The third-order valence-corrected chi connectivity index (χ3v) is 4.54. The van der Waals surface area contributed by atoms with Crippen LogP contribution in [0.1, 0.15) is 18.4 Å². The second kappa shape index (κ2) is 8.33. The number of nitrogen functional groups attached to an aromatic ring is 1. The maximum absolute atomic E-state index is 9.79. The van der Waals surface area contributed by atoms with Crippen LogP contribution in [0.15, 0.2) is 24.3 Å². The van der Waals surface area contributed by atoms with Crippen LogP contribution in [-0.4, -0.2) is 54.5 Å². The molecule has 7 heteroatoms. The number of nitrogens with zero attached hydrogens (tertiary/aromatic N) is 3. The van der Waals surface area contributed by atoms with Gasteiger partial charge in [-0.3, -0.25) is 0 Å². The first-order valence-corrected chi connectivity index (χ1v) is 9.03. The first-order valence-electron chi connectivity index (χ1n) is 9.03. The molecule has 1 aliphatic heterocycles. The van der Waals surface area contributed by atoms with Gasteiger partial charge in [0.25, 0.3) is 0 Å². The molecule has 7 nitrogen and oxygen atoms in total. The van der Waals surface area contributed by atoms with Crippen molar-refractivity contribution in [1.82, 2.24) is 15.3 Å². The van der Waals surface area contributed by atoms with Crippen LogP contribution in [0, 0.1) is 6.92 Å². The Kier molecular flexibility index (Phi) is 5.90. The smallest absolute Gasteiger partial charge is 0.164 e. The van der Waals surface area contributed by atoms with Gasteiger partial charge >= 0.3 is 0 Å². The summed E-state index contributed by atoms with van der Waals surface area (Å²) in [4.78, 5) is 11.5. The lowest BCUT2D eigenvalue weighted by atomic mass is 10.2. The molecule has 3 rings (SSSR count). The Hall–Kier alpha value is -2.38. The molecule has 0 bridgehead atoms. The summed E-state index contributed by atoms with van der Waals surface area (Å²) in [5, 5.41) is 12.7. The predicted octanol–water partition coefficient (Wildman–Crippen LogP) is 1.59. The van der Waals surface area contributed by atoms with Crippen LogP contribution in [0.3, 0.4) is 0 Å². The minimum atomic E-state index is -0.559. The Morgan fingerprint density at radius 3 is 2.81 bits per heavy atom. The first-order chi connectivity index (χ1) is 12.6. The third-order valence-electron chi connectivity index (χ3n) is 4.54. The minimum Gasteiger partial charge on any atom is -0.491 e. The number of aromatic nitrogens is 2. The number of anilines is 2. The summed E-state index contributed by atoms with van der Waals surface area (Å²) in [6.07, 6.45) is 1.80. The quantitative estimate of drug-likeness (QED) is 0.692. The van der Waals surface area contributed by atoms with Crippen LogP contribution in [0.4, 0.5) is 11.6 Å². The molecule has 0 spiro atoms. The van der Waals surface area contributed by atoms with E-state index in [1.807, 2.05) is 31.2 Å². The normalized spacial score (nSPS) is 15.3. The van der Waals surface area contributed by atoms with E-state index in [0.29, 0.717) is 23.9 Å². The van der Waals surface area contributed by atoms with E-state index in [4.69, 9.17) is 15.5 Å². The summed E-state index contributed by atoms with van der Waals surface area (Å²) in [5.41, 5.74) is 7.92. The molecule has 1 aromatic heterocycles. The summed E-state index contributed by atoms with van der Waals surface area (Å²) in [6.45, 7) is 4.68. The Labute approximate surface area is 154 Å². The number of ether oxygens (including phenoxy) is 1. The maximum Gasteiger partial charge on any atom is 0.164 e. The molecule has 1 saturated heterocycles. The molecule has 1 aromatic carbocycles. The van der Waals surface area contributed by atoms with Gasteiger partial charge in [-0.05, 0) is 38.9 Å². The van der Waals surface area contributed by atoms with E-state index in [9.17, 15) is 5.11 Å². The molecule has 1 atom stereocenters. The van der Waals surface area contributed by atoms with Crippen LogP contribution in [0.25, 0.3) is 11.4 Å². The molecule has 1 unspecified atom stereocenters. The van der Waals surface area contributed by atoms with Crippen LogP contribution < -0.4 is 20.7 Å². The van der Waals surface area contributed by atoms with Crippen LogP contribution in [-0.2, 0) is 0 Å². The number of benzene rings is 1. The van der Waals surface area contributed by atoms with Gasteiger partial charge in [0.15, 0.2) is 5.82 Å². The largest absolute Gasteiger partial charge is 0.491 e. The zero-order valence-corrected chi connectivity index (χ0v) is 15.4. The van der Waals surface area contributed by atoms with Gasteiger partial charge in [0, 0.05) is 30.8 Å². The molecule has 2 heterocycles. The number of nitrogens with two attached hydrogens (primary N) is 1. The molecule has 0 aliphatic carbocycles. The standard InChI is InChI=1S/C19H27N5O2/c1-13-17(20)22-18(23-19(13)24-8-3-4-9-24)14-6-5-7-16(10-14)26-12-15(25)11-21-2/h5-7,10,15,21,25H,3-4,8-9,11-12H2,1-2H3,(H2,20,22,23). The van der Waals surface area contributed by atoms with Gasteiger partial charge in [0.05, 0.1) is 0 Å². The van der Waals surface area contributed by atoms with Gasteiger partial charge in [0.2, 0.25) is 0 Å². The van der Waals surface area contributed by atoms with Crippen molar-refractivity contribution >= 4 is 11.6 Å². The summed E-state index contributed by atoms with van der Waals surface area (Å²) in [5.74, 6) is 2.69. The lowest BCUT2D eigenvalue weighted by Gasteiger charge is -2.20. The molecule has 140 valence electrons. The molecule has 0 saturated carbocycles. The third kappa shape index (κ3) is 4.23. The summed E-state index contributed by atoms with van der Waals surface area (Å²) >= 11 is 0. The van der Waals surface area contributed by atoms with Crippen molar-refractivity contribution in [3.63, 3.8) is 0 Å². The Morgan fingerprint density at radius 2 is 2.08 bits per heavy atom. The molecular weight excluding hydrogens is 330 g/mol. The molecule has 0 amide bonds. The Bertz CT molecular complexity index is 747. The SMILES string of the molecule is CNCC(O)COc1cccc(-c2nc(N)c(C)c(N3CCCC3)n2)c1. The second-order valence-corrected chi connectivity index (χ2v) is 6.63. The van der Waals surface area contributed by atoms with Crippen molar-refractivity contribution in [2.45, 2.75) is 25.9 Å². The van der Waals surface area contributed by atoms with Gasteiger partial charge in [-0.2, -0.15) is 0 Å². The molecular formula is C19H27N5O2. The average Bonchev–Trinajstić information content (AvgIpc) is 3.17. The van der Waals surface area contributed by atoms with Gasteiger partial charge in [0.1, 0.15) is 30.1 Å². The first kappa shape index (κ1) is 18.4. The van der Waals surface area contributed by atoms with Crippen molar-refractivity contribution in [3.8, 4) is 17.1 Å². The highest BCUT2D eigenvalue weighted by atomic mass is 16.5.